The largest absolute Gasteiger partial charge is 0.276 e. The van der Waals surface area contributed by atoms with Crippen LogP contribution in [0.4, 0.5) is 0 Å². The molecule has 1 aromatic heterocycles. The molecule has 0 aliphatic heterocycles. The van der Waals surface area contributed by atoms with Gasteiger partial charge in [0.15, 0.2) is 0 Å². The third kappa shape index (κ3) is 3.06. The third-order valence-electron chi connectivity index (χ3n) is 3.07. The van der Waals surface area contributed by atoms with E-state index < -0.39 is 0 Å². The molecule has 1 rings (SSSR count). The first-order valence-electron chi connectivity index (χ1n) is 5.13. The van der Waals surface area contributed by atoms with Crippen molar-refractivity contribution in [1.82, 2.24) is 9.78 Å². The summed E-state index contributed by atoms with van der Waals surface area (Å²) in [6.07, 6.45) is 5.12. The molecule has 0 aromatic carbocycles. The zero-order valence-electron chi connectivity index (χ0n) is 9.50. The third-order valence-corrected chi connectivity index (χ3v) is 5.31. The summed E-state index contributed by atoms with van der Waals surface area (Å²) < 4.78 is 1.86. The molecular weight excluding hydrogens is 320 g/mol. The second-order valence-electron chi connectivity index (χ2n) is 4.48. The van der Waals surface area contributed by atoms with Crippen LogP contribution in [0.2, 0.25) is 0 Å². The van der Waals surface area contributed by atoms with Crippen LogP contribution in [0.15, 0.2) is 12.4 Å². The van der Waals surface area contributed by atoms with Gasteiger partial charge in [0.2, 0.25) is 0 Å². The van der Waals surface area contributed by atoms with Gasteiger partial charge in [0.25, 0.3) is 0 Å². The lowest BCUT2D eigenvalue weighted by Gasteiger charge is -2.34. The van der Waals surface area contributed by atoms with Crippen LogP contribution in [0.3, 0.4) is 0 Å². The van der Waals surface area contributed by atoms with Crippen molar-refractivity contribution in [2.24, 2.45) is 18.4 Å². The van der Waals surface area contributed by atoms with Crippen molar-refractivity contribution in [3.05, 3.63) is 18.0 Å². The van der Waals surface area contributed by atoms with Crippen LogP contribution in [0.1, 0.15) is 19.4 Å². The lowest BCUT2D eigenvalue weighted by molar-refractivity contribution is 0.268. The van der Waals surface area contributed by atoms with E-state index in [4.69, 9.17) is 0 Å². The van der Waals surface area contributed by atoms with Gasteiger partial charge in [-0.3, -0.25) is 4.68 Å². The zero-order chi connectivity index (χ0) is 11.5. The summed E-state index contributed by atoms with van der Waals surface area (Å²) in [7, 11) is 1.96. The van der Waals surface area contributed by atoms with Crippen molar-refractivity contribution in [2.45, 2.75) is 20.3 Å². The average molecular weight is 338 g/mol. The minimum Gasteiger partial charge on any atom is -0.276 e. The normalized spacial score (nSPS) is 12.4. The van der Waals surface area contributed by atoms with Crippen molar-refractivity contribution < 1.29 is 0 Å². The average Bonchev–Trinajstić information content (AvgIpc) is 2.60. The number of halogens is 2. The summed E-state index contributed by atoms with van der Waals surface area (Å²) in [4.78, 5) is 0. The van der Waals surface area contributed by atoms with Gasteiger partial charge >= 0.3 is 0 Å². The molecule has 1 heterocycles. The molecule has 0 saturated heterocycles. The Morgan fingerprint density at radius 3 is 2.33 bits per heavy atom. The quantitative estimate of drug-likeness (QED) is 0.753. The van der Waals surface area contributed by atoms with E-state index in [2.05, 4.69) is 57.0 Å². The number of hydrogen-bond donors (Lipinski definition) is 0. The Balaban J connectivity index is 2.83. The lowest BCUT2D eigenvalue weighted by atomic mass is 9.77. The number of hydrogen-bond acceptors (Lipinski definition) is 1. The first-order valence-corrected chi connectivity index (χ1v) is 7.38. The van der Waals surface area contributed by atoms with Crippen molar-refractivity contribution in [3.63, 3.8) is 0 Å². The van der Waals surface area contributed by atoms with Crippen LogP contribution >= 0.6 is 31.9 Å². The highest BCUT2D eigenvalue weighted by Gasteiger charge is 2.32. The smallest absolute Gasteiger partial charge is 0.0521 e. The Morgan fingerprint density at radius 1 is 1.40 bits per heavy atom. The molecule has 86 valence electrons. The highest BCUT2D eigenvalue weighted by atomic mass is 79.9. The van der Waals surface area contributed by atoms with Crippen molar-refractivity contribution >= 4 is 31.9 Å². The fourth-order valence-electron chi connectivity index (χ4n) is 1.61. The molecule has 0 saturated carbocycles. The Kier molecular flexibility index (Phi) is 4.84. The molecule has 4 heteroatoms. The van der Waals surface area contributed by atoms with E-state index in [0.717, 1.165) is 17.1 Å². The van der Waals surface area contributed by atoms with Gasteiger partial charge in [-0.2, -0.15) is 5.10 Å². The van der Waals surface area contributed by atoms with Crippen LogP contribution in [0.5, 0.6) is 0 Å². The van der Waals surface area contributed by atoms with Gasteiger partial charge in [-0.25, -0.2) is 0 Å². The van der Waals surface area contributed by atoms with Gasteiger partial charge in [0.05, 0.1) is 6.20 Å². The first kappa shape index (κ1) is 13.2. The van der Waals surface area contributed by atoms with Crippen LogP contribution in [0.25, 0.3) is 0 Å². The molecule has 0 spiro atoms. The van der Waals surface area contributed by atoms with Gasteiger partial charge in [-0.05, 0) is 23.3 Å². The van der Waals surface area contributed by atoms with E-state index in [1.54, 1.807) is 0 Å². The number of alkyl halides is 2. The van der Waals surface area contributed by atoms with Gasteiger partial charge in [0, 0.05) is 23.9 Å². The maximum atomic E-state index is 4.21. The zero-order valence-corrected chi connectivity index (χ0v) is 12.7. The summed E-state index contributed by atoms with van der Waals surface area (Å²) in [5, 5.41) is 6.24. The lowest BCUT2D eigenvalue weighted by Crippen LogP contribution is -2.33. The summed E-state index contributed by atoms with van der Waals surface area (Å²) in [6, 6.07) is 0. The number of aryl methyl sites for hydroxylation is 1. The molecule has 15 heavy (non-hydrogen) atoms. The fraction of sp³-hybridized carbons (Fsp3) is 0.727. The van der Waals surface area contributed by atoms with Crippen LogP contribution in [-0.4, -0.2) is 20.4 Å². The highest BCUT2D eigenvalue weighted by molar-refractivity contribution is 9.09. The first-order chi connectivity index (χ1) is 7.04. The molecule has 0 N–H and O–H groups in total. The second-order valence-corrected chi connectivity index (χ2v) is 5.60. The van der Waals surface area contributed by atoms with Crippen LogP contribution < -0.4 is 0 Å². The molecule has 1 aromatic rings. The molecule has 2 nitrogen and oxygen atoms in total. The second kappa shape index (κ2) is 5.48. The van der Waals surface area contributed by atoms with Gasteiger partial charge in [-0.15, -0.1) is 0 Å². The molecule has 0 radical (unpaired) electrons. The fourth-order valence-corrected chi connectivity index (χ4v) is 4.23. The van der Waals surface area contributed by atoms with Gasteiger partial charge < -0.3 is 0 Å². The van der Waals surface area contributed by atoms with Crippen molar-refractivity contribution in [1.29, 1.82) is 0 Å². The Hall–Kier alpha value is 0.170. The van der Waals surface area contributed by atoms with E-state index in [0.29, 0.717) is 5.92 Å². The summed E-state index contributed by atoms with van der Waals surface area (Å²) in [5.41, 5.74) is 1.59. The van der Waals surface area contributed by atoms with Crippen LogP contribution in [0, 0.1) is 11.3 Å². The molecule has 0 aliphatic carbocycles. The maximum Gasteiger partial charge on any atom is 0.0521 e. The predicted molar refractivity (Wildman–Crippen MR) is 71.8 cm³/mol. The van der Waals surface area contributed by atoms with Gasteiger partial charge in [0.1, 0.15) is 0 Å². The molecular formula is C11H18Br2N2. The predicted octanol–water partition coefficient (Wildman–Crippen LogP) is 3.39. The molecule has 0 unspecified atom stereocenters. The van der Waals surface area contributed by atoms with E-state index in [9.17, 15) is 0 Å². The van der Waals surface area contributed by atoms with Crippen molar-refractivity contribution in [3.8, 4) is 0 Å². The Morgan fingerprint density at radius 2 is 2.00 bits per heavy atom. The highest BCUT2D eigenvalue weighted by Crippen LogP contribution is 2.35. The Labute approximate surface area is 109 Å². The molecule has 0 amide bonds. The van der Waals surface area contributed by atoms with Gasteiger partial charge in [-0.1, -0.05) is 45.7 Å². The van der Waals surface area contributed by atoms with Crippen molar-refractivity contribution in [2.75, 3.05) is 10.7 Å². The van der Waals surface area contributed by atoms with Crippen LogP contribution in [-0.2, 0) is 13.5 Å². The number of rotatable bonds is 5. The van der Waals surface area contributed by atoms with E-state index in [-0.39, 0.29) is 5.41 Å². The van der Waals surface area contributed by atoms with E-state index >= 15 is 0 Å². The topological polar surface area (TPSA) is 17.8 Å². The monoisotopic (exact) mass is 336 g/mol. The molecule has 0 bridgehead atoms. The van der Waals surface area contributed by atoms with E-state index in [1.807, 2.05) is 17.9 Å². The summed E-state index contributed by atoms with van der Waals surface area (Å²) in [6.45, 7) is 4.55. The van der Waals surface area contributed by atoms with E-state index in [1.165, 1.54) is 5.56 Å². The summed E-state index contributed by atoms with van der Waals surface area (Å²) >= 11 is 7.28. The Bertz CT molecular complexity index is 303. The standard InChI is InChI=1S/C11H18Br2N2/c1-9(2)11(7-12,8-13)4-10-5-14-15(3)6-10/h5-6,9H,4,7-8H2,1-3H3. The minimum absolute atomic E-state index is 0.281. The number of aromatic nitrogens is 2. The summed E-state index contributed by atoms with van der Waals surface area (Å²) in [5.74, 6) is 0.636. The molecule has 0 aliphatic rings. The molecule has 0 fully saturated rings. The SMILES string of the molecule is CC(C)C(CBr)(CBr)Cc1cnn(C)c1. The maximum absolute atomic E-state index is 4.21. The minimum atomic E-state index is 0.281. The molecule has 0 atom stereocenters. The number of nitrogens with zero attached hydrogens (tertiary/aromatic N) is 2.